The van der Waals surface area contributed by atoms with E-state index in [0.29, 0.717) is 27.9 Å². The van der Waals surface area contributed by atoms with Crippen LogP contribution >= 0.6 is 0 Å². The number of fused-ring (bicyclic) bond motifs is 1. The molecule has 0 aliphatic rings. The van der Waals surface area contributed by atoms with Gasteiger partial charge in [0.1, 0.15) is 17.1 Å². The highest BCUT2D eigenvalue weighted by molar-refractivity contribution is 6.12. The Labute approximate surface area is 171 Å². The van der Waals surface area contributed by atoms with Crippen LogP contribution in [0, 0.1) is 13.8 Å². The molecule has 1 amide bonds. The zero-order valence-corrected chi connectivity index (χ0v) is 17.1. The van der Waals surface area contributed by atoms with Crippen molar-refractivity contribution in [3.63, 3.8) is 0 Å². The summed E-state index contributed by atoms with van der Waals surface area (Å²) >= 11 is 0. The summed E-state index contributed by atoms with van der Waals surface area (Å²) in [5, 5.41) is 14.8. The quantitative estimate of drug-likeness (QED) is 0.476. The van der Waals surface area contributed by atoms with Gasteiger partial charge in [0.05, 0.1) is 23.1 Å². The highest BCUT2D eigenvalue weighted by Crippen LogP contribution is 2.36. The fourth-order valence-corrected chi connectivity index (χ4v) is 3.95. The molecule has 5 N–H and O–H groups in total. The molecule has 0 aliphatic heterocycles. The van der Waals surface area contributed by atoms with Crippen LogP contribution < -0.4 is 17.0 Å². The van der Waals surface area contributed by atoms with E-state index in [1.165, 1.54) is 9.13 Å². The number of carbonyl (C=O) groups is 1. The fourth-order valence-electron chi connectivity index (χ4n) is 3.95. The second-order valence-electron chi connectivity index (χ2n) is 7.39. The number of aromatic hydroxyl groups is 1. The van der Waals surface area contributed by atoms with Gasteiger partial charge < -0.3 is 21.1 Å². The van der Waals surface area contributed by atoms with Crippen molar-refractivity contribution < 1.29 is 9.90 Å². The molecule has 0 atom stereocenters. The molecule has 30 heavy (non-hydrogen) atoms. The summed E-state index contributed by atoms with van der Waals surface area (Å²) in [6.07, 6.45) is 3.41. The zero-order chi connectivity index (χ0) is 21.9. The number of nitrogen functional groups attached to an aromatic ring is 1. The maximum atomic E-state index is 13.5. The Morgan fingerprint density at radius 1 is 1.20 bits per heavy atom. The number of anilines is 1. The molecular weight excluding hydrogens is 384 g/mol. The predicted octanol–water partition coefficient (Wildman–Crippen LogP) is 1.73. The predicted molar refractivity (Wildman–Crippen MR) is 115 cm³/mol. The van der Waals surface area contributed by atoms with Crippen molar-refractivity contribution in [2.45, 2.75) is 13.8 Å². The van der Waals surface area contributed by atoms with E-state index in [1.54, 1.807) is 56.3 Å². The number of carbonyl (C=O) groups excluding carboxylic acids is 1. The minimum Gasteiger partial charge on any atom is -0.508 e. The Balaban J connectivity index is 2.21. The van der Waals surface area contributed by atoms with Gasteiger partial charge in [-0.1, -0.05) is 6.07 Å². The van der Waals surface area contributed by atoms with E-state index in [0.717, 1.165) is 5.56 Å². The van der Waals surface area contributed by atoms with Crippen molar-refractivity contribution in [3.05, 3.63) is 57.6 Å². The first-order valence-electron chi connectivity index (χ1n) is 9.25. The fraction of sp³-hybridized carbons (Fsp3) is 0.190. The maximum Gasteiger partial charge on any atom is 0.275 e. The highest BCUT2D eigenvalue weighted by atomic mass is 16.3. The van der Waals surface area contributed by atoms with Crippen molar-refractivity contribution >= 4 is 22.6 Å². The number of nitrogens with two attached hydrogens (primary N) is 2. The van der Waals surface area contributed by atoms with Gasteiger partial charge >= 0.3 is 0 Å². The van der Waals surface area contributed by atoms with Crippen molar-refractivity contribution in [2.24, 2.45) is 19.8 Å². The molecule has 3 aromatic heterocycles. The third kappa shape index (κ3) is 2.59. The molecule has 0 spiro atoms. The van der Waals surface area contributed by atoms with Crippen LogP contribution in [0.15, 0.2) is 35.4 Å². The molecule has 1 aromatic carbocycles. The molecule has 0 fully saturated rings. The third-order valence-corrected chi connectivity index (χ3v) is 5.47. The van der Waals surface area contributed by atoms with Crippen molar-refractivity contribution in [2.75, 3.05) is 5.73 Å². The van der Waals surface area contributed by atoms with E-state index in [-0.39, 0.29) is 28.2 Å². The Morgan fingerprint density at radius 2 is 1.90 bits per heavy atom. The summed E-state index contributed by atoms with van der Waals surface area (Å²) in [6, 6.07) is 5.01. The molecular formula is C21H22N6O3. The number of aromatic nitrogens is 4. The second kappa shape index (κ2) is 6.51. The minimum atomic E-state index is -0.739. The average Bonchev–Trinajstić information content (AvgIpc) is 3.23. The summed E-state index contributed by atoms with van der Waals surface area (Å²) in [7, 11) is 3.42. The van der Waals surface area contributed by atoms with Crippen LogP contribution in [0.5, 0.6) is 5.75 Å². The summed E-state index contributed by atoms with van der Waals surface area (Å²) < 4.78 is 4.61. The average molecular weight is 406 g/mol. The summed E-state index contributed by atoms with van der Waals surface area (Å²) in [5.74, 6) is -0.631. The number of pyridine rings is 1. The van der Waals surface area contributed by atoms with Gasteiger partial charge in [0.2, 0.25) is 0 Å². The van der Waals surface area contributed by atoms with Gasteiger partial charge in [-0.05, 0) is 31.5 Å². The zero-order valence-electron chi connectivity index (χ0n) is 17.1. The molecule has 0 saturated carbocycles. The first-order chi connectivity index (χ1) is 14.1. The topological polar surface area (TPSA) is 134 Å². The van der Waals surface area contributed by atoms with Crippen molar-refractivity contribution in [1.82, 2.24) is 18.9 Å². The monoisotopic (exact) mass is 406 g/mol. The summed E-state index contributed by atoms with van der Waals surface area (Å²) in [6.45, 7) is 3.56. The lowest BCUT2D eigenvalue weighted by Gasteiger charge is -2.16. The lowest BCUT2D eigenvalue weighted by molar-refractivity contribution is 0.100. The Bertz CT molecular complexity index is 1410. The number of hydrogen-bond donors (Lipinski definition) is 3. The van der Waals surface area contributed by atoms with Crippen molar-refractivity contribution in [1.29, 1.82) is 0 Å². The van der Waals surface area contributed by atoms with Gasteiger partial charge in [0.15, 0.2) is 0 Å². The number of aryl methyl sites for hydroxylation is 2. The van der Waals surface area contributed by atoms with Gasteiger partial charge in [-0.25, -0.2) is 0 Å². The SMILES string of the molecule is Cc1ccc(O)c(C)c1-n1c(N)c(C(N)=O)c2cc(-c3cnn(C)c3)n(C)c(=O)c21. The van der Waals surface area contributed by atoms with E-state index >= 15 is 0 Å². The molecule has 3 heterocycles. The molecule has 9 heteroatoms. The van der Waals surface area contributed by atoms with Crippen LogP contribution in [-0.2, 0) is 14.1 Å². The van der Waals surface area contributed by atoms with Crippen LogP contribution in [0.4, 0.5) is 5.82 Å². The van der Waals surface area contributed by atoms with Crippen LogP contribution in [0.3, 0.4) is 0 Å². The second-order valence-corrected chi connectivity index (χ2v) is 7.39. The number of hydrogen-bond acceptors (Lipinski definition) is 5. The van der Waals surface area contributed by atoms with Crippen LogP contribution in [0.25, 0.3) is 27.8 Å². The molecule has 0 unspecified atom stereocenters. The van der Waals surface area contributed by atoms with Gasteiger partial charge in [0.25, 0.3) is 11.5 Å². The first kappa shape index (κ1) is 19.3. The molecule has 154 valence electrons. The lowest BCUT2D eigenvalue weighted by atomic mass is 10.1. The summed E-state index contributed by atoms with van der Waals surface area (Å²) in [4.78, 5) is 25.8. The van der Waals surface area contributed by atoms with E-state index in [1.807, 2.05) is 6.92 Å². The number of phenolic OH excluding ortho intramolecular Hbond substituents is 1. The molecule has 4 rings (SSSR count). The normalized spacial score (nSPS) is 11.3. The number of nitrogens with zero attached hydrogens (tertiary/aromatic N) is 4. The van der Waals surface area contributed by atoms with E-state index in [2.05, 4.69) is 5.10 Å². The maximum absolute atomic E-state index is 13.5. The van der Waals surface area contributed by atoms with Gasteiger partial charge in [0, 0.05) is 36.8 Å². The van der Waals surface area contributed by atoms with Gasteiger partial charge in [-0.15, -0.1) is 0 Å². The van der Waals surface area contributed by atoms with Gasteiger partial charge in [-0.2, -0.15) is 5.10 Å². The molecule has 0 radical (unpaired) electrons. The first-order valence-corrected chi connectivity index (χ1v) is 9.25. The molecule has 0 saturated heterocycles. The smallest absolute Gasteiger partial charge is 0.275 e. The van der Waals surface area contributed by atoms with Crippen LogP contribution in [0.2, 0.25) is 0 Å². The molecule has 0 aliphatic carbocycles. The largest absolute Gasteiger partial charge is 0.508 e. The number of benzene rings is 1. The van der Waals surface area contributed by atoms with Crippen molar-refractivity contribution in [3.8, 4) is 22.7 Å². The Kier molecular flexibility index (Phi) is 4.19. The Morgan fingerprint density at radius 3 is 2.50 bits per heavy atom. The number of rotatable bonds is 3. The number of phenols is 1. The minimum absolute atomic E-state index is 0.0507. The standard InChI is InChI=1S/C21H22N6O3/c1-10-5-6-15(28)11(2)17(10)27-18-13(16(19(27)22)20(23)29)7-14(26(4)21(18)30)12-8-24-25(3)9-12/h5-9,28H,22H2,1-4H3,(H2,23,29). The number of amides is 1. The van der Waals surface area contributed by atoms with E-state index in [4.69, 9.17) is 11.5 Å². The van der Waals surface area contributed by atoms with Crippen LogP contribution in [-0.4, -0.2) is 29.9 Å². The van der Waals surface area contributed by atoms with Gasteiger partial charge in [-0.3, -0.25) is 18.8 Å². The molecule has 0 bridgehead atoms. The lowest BCUT2D eigenvalue weighted by Crippen LogP contribution is -2.21. The molecule has 4 aromatic rings. The Hall–Kier alpha value is -4.01. The van der Waals surface area contributed by atoms with E-state index < -0.39 is 5.91 Å². The van der Waals surface area contributed by atoms with E-state index in [9.17, 15) is 14.7 Å². The molecule has 9 nitrogen and oxygen atoms in total. The summed E-state index contributed by atoms with van der Waals surface area (Å²) in [5.41, 5.74) is 15.1. The number of primary amides is 1. The highest BCUT2D eigenvalue weighted by Gasteiger charge is 2.26. The third-order valence-electron chi connectivity index (χ3n) is 5.47. The van der Waals surface area contributed by atoms with Crippen LogP contribution in [0.1, 0.15) is 21.5 Å².